The molecular weight excluding hydrogens is 376 g/mol. The van der Waals surface area contributed by atoms with Crippen LogP contribution >= 0.6 is 0 Å². The summed E-state index contributed by atoms with van der Waals surface area (Å²) in [5.41, 5.74) is 1.84. The van der Waals surface area contributed by atoms with Gasteiger partial charge >= 0.3 is 0 Å². The highest BCUT2D eigenvalue weighted by Crippen LogP contribution is 2.37. The summed E-state index contributed by atoms with van der Waals surface area (Å²) < 4.78 is 10.5. The van der Waals surface area contributed by atoms with E-state index in [0.29, 0.717) is 34.0 Å². The van der Waals surface area contributed by atoms with Gasteiger partial charge in [-0.2, -0.15) is 0 Å². The molecule has 2 aliphatic rings. The molecule has 0 aliphatic carbocycles. The van der Waals surface area contributed by atoms with E-state index in [1.807, 2.05) is 0 Å². The Morgan fingerprint density at radius 1 is 1.00 bits per heavy atom. The lowest BCUT2D eigenvalue weighted by Crippen LogP contribution is -2.33. The van der Waals surface area contributed by atoms with Gasteiger partial charge in [0.25, 0.3) is 5.91 Å². The van der Waals surface area contributed by atoms with Crippen molar-refractivity contribution in [2.75, 3.05) is 19.1 Å². The molecule has 8 nitrogen and oxygen atoms in total. The van der Waals surface area contributed by atoms with Crippen molar-refractivity contribution in [2.24, 2.45) is 11.1 Å². The predicted octanol–water partition coefficient (Wildman–Crippen LogP) is 2.20. The summed E-state index contributed by atoms with van der Waals surface area (Å²) in [6.07, 6.45) is -1.02. The van der Waals surface area contributed by atoms with Crippen molar-refractivity contribution in [1.29, 1.82) is 0 Å². The lowest BCUT2D eigenvalue weighted by Gasteiger charge is -2.16. The van der Waals surface area contributed by atoms with Gasteiger partial charge in [-0.3, -0.25) is 14.4 Å². The summed E-state index contributed by atoms with van der Waals surface area (Å²) >= 11 is 0. The molecule has 2 aromatic carbocycles. The van der Waals surface area contributed by atoms with E-state index in [9.17, 15) is 14.4 Å². The number of ether oxygens (including phenoxy) is 2. The number of carbonyl (C=O) groups is 3. The number of imide groups is 1. The molecule has 0 N–H and O–H groups in total. The van der Waals surface area contributed by atoms with Crippen LogP contribution in [0.15, 0.2) is 47.6 Å². The molecule has 8 heteroatoms. The number of anilines is 1. The van der Waals surface area contributed by atoms with Crippen molar-refractivity contribution in [3.05, 3.63) is 53.6 Å². The Morgan fingerprint density at radius 3 is 2.31 bits per heavy atom. The Kier molecular flexibility index (Phi) is 4.54. The molecular formula is C21H18N2O6. The number of carbonyl (C=O) groups excluding carboxylic acids is 3. The largest absolute Gasteiger partial charge is 0.493 e. The fourth-order valence-corrected chi connectivity index (χ4v) is 3.51. The number of amides is 2. The van der Waals surface area contributed by atoms with Crippen molar-refractivity contribution in [1.82, 2.24) is 0 Å². The van der Waals surface area contributed by atoms with Gasteiger partial charge in [-0.1, -0.05) is 5.16 Å². The van der Waals surface area contributed by atoms with E-state index in [1.54, 1.807) is 42.5 Å². The Morgan fingerprint density at radius 2 is 1.69 bits per heavy atom. The molecule has 0 saturated carbocycles. The third-order valence-corrected chi connectivity index (χ3v) is 5.02. The SMILES string of the molecule is COc1ccc(C2=NO[C@H]3C(=O)N(c4ccc(C(C)=O)cc4)C(=O)[C@@H]23)cc1OC. The summed E-state index contributed by atoms with van der Waals surface area (Å²) in [7, 11) is 3.03. The predicted molar refractivity (Wildman–Crippen MR) is 103 cm³/mol. The smallest absolute Gasteiger partial charge is 0.278 e. The summed E-state index contributed by atoms with van der Waals surface area (Å²) in [5.74, 6) is -0.860. The van der Waals surface area contributed by atoms with Gasteiger partial charge in [0.1, 0.15) is 11.6 Å². The minimum atomic E-state index is -1.02. The highest BCUT2D eigenvalue weighted by atomic mass is 16.7. The first-order valence-corrected chi connectivity index (χ1v) is 8.91. The van der Waals surface area contributed by atoms with Crippen molar-refractivity contribution in [2.45, 2.75) is 13.0 Å². The molecule has 4 rings (SSSR count). The summed E-state index contributed by atoms with van der Waals surface area (Å²) in [6.45, 7) is 1.45. The number of rotatable bonds is 5. The number of fused-ring (bicyclic) bond motifs is 1. The molecule has 0 spiro atoms. The zero-order chi connectivity index (χ0) is 20.7. The van der Waals surface area contributed by atoms with Gasteiger partial charge < -0.3 is 14.3 Å². The van der Waals surface area contributed by atoms with Gasteiger partial charge in [0.15, 0.2) is 17.3 Å². The van der Waals surface area contributed by atoms with E-state index < -0.39 is 23.8 Å². The number of Topliss-reactive ketones (excluding diaryl/α,β-unsaturated/α-hetero) is 1. The Balaban J connectivity index is 1.66. The quantitative estimate of drug-likeness (QED) is 0.570. The third-order valence-electron chi connectivity index (χ3n) is 5.02. The number of oxime groups is 1. The average molecular weight is 394 g/mol. The maximum absolute atomic E-state index is 13.1. The molecule has 148 valence electrons. The van der Waals surface area contributed by atoms with E-state index in [4.69, 9.17) is 14.3 Å². The van der Waals surface area contributed by atoms with Crippen LogP contribution in [-0.2, 0) is 14.4 Å². The van der Waals surface area contributed by atoms with Gasteiger partial charge in [-0.15, -0.1) is 0 Å². The second-order valence-electron chi connectivity index (χ2n) is 6.66. The second kappa shape index (κ2) is 7.05. The van der Waals surface area contributed by atoms with Crippen LogP contribution in [0.4, 0.5) is 5.69 Å². The maximum Gasteiger partial charge on any atom is 0.278 e. The first-order valence-electron chi connectivity index (χ1n) is 8.91. The van der Waals surface area contributed by atoms with Crippen LogP contribution in [0.5, 0.6) is 11.5 Å². The zero-order valence-electron chi connectivity index (χ0n) is 16.0. The highest BCUT2D eigenvalue weighted by molar-refractivity contribution is 6.32. The molecule has 1 fully saturated rings. The van der Waals surface area contributed by atoms with E-state index in [0.717, 1.165) is 4.90 Å². The monoisotopic (exact) mass is 394 g/mol. The molecule has 0 radical (unpaired) electrons. The zero-order valence-corrected chi connectivity index (χ0v) is 16.0. The minimum absolute atomic E-state index is 0.0984. The molecule has 2 atom stereocenters. The van der Waals surface area contributed by atoms with E-state index in [-0.39, 0.29) is 5.78 Å². The van der Waals surface area contributed by atoms with Gasteiger partial charge in [0.2, 0.25) is 12.0 Å². The van der Waals surface area contributed by atoms with Crippen LogP contribution in [-0.4, -0.2) is 43.6 Å². The van der Waals surface area contributed by atoms with E-state index in [1.165, 1.54) is 21.1 Å². The molecule has 0 aromatic heterocycles. The number of nitrogens with zero attached hydrogens (tertiary/aromatic N) is 2. The fourth-order valence-electron chi connectivity index (χ4n) is 3.51. The molecule has 0 bridgehead atoms. The van der Waals surface area contributed by atoms with Gasteiger partial charge in [0, 0.05) is 11.1 Å². The van der Waals surface area contributed by atoms with Crippen LogP contribution in [0, 0.1) is 5.92 Å². The number of hydrogen-bond donors (Lipinski definition) is 0. The maximum atomic E-state index is 13.1. The fraction of sp³-hybridized carbons (Fsp3) is 0.238. The topological polar surface area (TPSA) is 94.5 Å². The average Bonchev–Trinajstić information content (AvgIpc) is 3.27. The minimum Gasteiger partial charge on any atom is -0.493 e. The highest BCUT2D eigenvalue weighted by Gasteiger charge is 2.56. The second-order valence-corrected chi connectivity index (χ2v) is 6.66. The van der Waals surface area contributed by atoms with Gasteiger partial charge in [-0.05, 0) is 49.4 Å². The lowest BCUT2D eigenvalue weighted by molar-refractivity contribution is -0.126. The first kappa shape index (κ1) is 18.7. The number of hydrogen-bond acceptors (Lipinski definition) is 7. The van der Waals surface area contributed by atoms with E-state index >= 15 is 0 Å². The van der Waals surface area contributed by atoms with Crippen LogP contribution in [0.2, 0.25) is 0 Å². The molecule has 2 amide bonds. The number of benzene rings is 2. The van der Waals surface area contributed by atoms with Gasteiger partial charge in [0.05, 0.1) is 19.9 Å². The summed E-state index contributed by atoms with van der Waals surface area (Å²) in [4.78, 5) is 43.8. The molecule has 2 aromatic rings. The van der Waals surface area contributed by atoms with Crippen LogP contribution < -0.4 is 14.4 Å². The van der Waals surface area contributed by atoms with E-state index in [2.05, 4.69) is 5.16 Å². The molecule has 2 aliphatic heterocycles. The number of methoxy groups -OCH3 is 2. The van der Waals surface area contributed by atoms with Crippen molar-refractivity contribution in [3.8, 4) is 11.5 Å². The summed E-state index contributed by atoms with van der Waals surface area (Å²) in [5, 5.41) is 3.99. The molecule has 1 saturated heterocycles. The van der Waals surface area contributed by atoms with Crippen LogP contribution in [0.1, 0.15) is 22.8 Å². The Bertz CT molecular complexity index is 1040. The van der Waals surface area contributed by atoms with Crippen molar-refractivity contribution >= 4 is 29.0 Å². The molecule has 2 heterocycles. The standard InChI is InChI=1S/C21H18N2O6/c1-11(24)12-4-7-14(8-5-12)23-20(25)17-18(22-29-19(17)21(23)26)13-6-9-15(27-2)16(10-13)28-3/h4-10,17,19H,1-3H3/t17-,19+/m0/s1. The molecule has 29 heavy (non-hydrogen) atoms. The van der Waals surface area contributed by atoms with Crippen LogP contribution in [0.25, 0.3) is 0 Å². The van der Waals surface area contributed by atoms with Crippen molar-refractivity contribution < 1.29 is 28.7 Å². The first-order chi connectivity index (χ1) is 14.0. The lowest BCUT2D eigenvalue weighted by atomic mass is 9.94. The normalized spacial score (nSPS) is 20.2. The summed E-state index contributed by atoms with van der Waals surface area (Å²) in [6, 6.07) is 11.4. The van der Waals surface area contributed by atoms with Crippen molar-refractivity contribution in [3.63, 3.8) is 0 Å². The molecule has 0 unspecified atom stereocenters. The van der Waals surface area contributed by atoms with Crippen LogP contribution in [0.3, 0.4) is 0 Å². The Labute approximate surface area is 166 Å². The van der Waals surface area contributed by atoms with Gasteiger partial charge in [-0.25, -0.2) is 4.90 Å². The third kappa shape index (κ3) is 2.93. The number of ketones is 1. The Hall–Kier alpha value is -3.68.